The van der Waals surface area contributed by atoms with Crippen molar-refractivity contribution in [2.45, 2.75) is 36.0 Å². The molecule has 0 fully saturated rings. The van der Waals surface area contributed by atoms with Crippen LogP contribution in [-0.4, -0.2) is 46.9 Å². The van der Waals surface area contributed by atoms with Crippen molar-refractivity contribution >= 4 is 11.5 Å². The first kappa shape index (κ1) is 22.2. The van der Waals surface area contributed by atoms with Crippen LogP contribution in [0, 0.1) is 0 Å². The molecule has 0 N–H and O–H groups in total. The van der Waals surface area contributed by atoms with E-state index in [2.05, 4.69) is 4.18 Å². The lowest BCUT2D eigenvalue weighted by atomic mass is 9.95. The Morgan fingerprint density at radius 3 is 1.48 bits per heavy atom. The largest absolute Gasteiger partial charge is 0.384 e. The summed E-state index contributed by atoms with van der Waals surface area (Å²) in [6.45, 7) is -3.20. The van der Waals surface area contributed by atoms with Crippen LogP contribution in [0.25, 0.3) is 0 Å². The molecule has 23 heavy (non-hydrogen) atoms. The lowest BCUT2D eigenvalue weighted by Gasteiger charge is -2.38. The molecule has 0 aliphatic carbocycles. The van der Waals surface area contributed by atoms with Crippen molar-refractivity contribution in [3.05, 3.63) is 0 Å². The highest BCUT2D eigenvalue weighted by Gasteiger charge is 2.87. The Kier molecular flexibility index (Phi) is 6.03. The predicted molar refractivity (Wildman–Crippen MR) is 45.9 cm³/mol. The fraction of sp³-hybridized carbons (Fsp3) is 1.00. The van der Waals surface area contributed by atoms with Gasteiger partial charge in [0.1, 0.15) is 6.61 Å². The van der Waals surface area contributed by atoms with Gasteiger partial charge < -0.3 is 0 Å². The maximum Gasteiger partial charge on any atom is 0.384 e. The van der Waals surface area contributed by atoms with Crippen molar-refractivity contribution in [2.24, 2.45) is 0 Å². The van der Waals surface area contributed by atoms with E-state index >= 15 is 0 Å². The van der Waals surface area contributed by atoms with Crippen molar-refractivity contribution in [3.8, 4) is 0 Å². The molecule has 0 heterocycles. The molecule has 0 radical (unpaired) electrons. The maximum atomic E-state index is 12.9. The van der Waals surface area contributed by atoms with Gasteiger partial charge in [0.25, 0.3) is 0 Å². The highest BCUT2D eigenvalue weighted by atomic mass is 32.2. The monoisotopic (exact) mass is 398 g/mol. The molecule has 0 aliphatic heterocycles. The van der Waals surface area contributed by atoms with E-state index in [1.165, 1.54) is 0 Å². The highest BCUT2D eigenvalue weighted by Crippen LogP contribution is 2.58. The van der Waals surface area contributed by atoms with Gasteiger partial charge in [-0.05, 0) is 0 Å². The quantitative estimate of drug-likeness (QED) is 0.457. The molecule has 0 aliphatic rings. The maximum absolute atomic E-state index is 12.9. The molecule has 0 aromatic rings. The van der Waals surface area contributed by atoms with E-state index in [0.29, 0.717) is 0 Å². The third-order valence-corrected chi connectivity index (χ3v) is 2.58. The summed E-state index contributed by atoms with van der Waals surface area (Å²) >= 11 is -4.23. The number of halogens is 13. The lowest BCUT2D eigenvalue weighted by molar-refractivity contribution is -0.414. The highest BCUT2D eigenvalue weighted by molar-refractivity contribution is 7.74. The number of alkyl halides is 12. The molecule has 0 bridgehead atoms. The van der Waals surface area contributed by atoms with Crippen molar-refractivity contribution in [2.75, 3.05) is 6.61 Å². The van der Waals surface area contributed by atoms with Crippen LogP contribution in [-0.2, 0) is 15.6 Å². The molecule has 0 saturated carbocycles. The summed E-state index contributed by atoms with van der Waals surface area (Å²) in [5, 5.41) is 0. The molecule has 0 amide bonds. The molecular formula is C7H3F13O2S. The van der Waals surface area contributed by atoms with Crippen LogP contribution >= 0.6 is 0 Å². The van der Waals surface area contributed by atoms with E-state index in [1.807, 2.05) is 0 Å². The van der Waals surface area contributed by atoms with Gasteiger partial charge in [0.15, 0.2) is 0 Å². The third kappa shape index (κ3) is 3.51. The molecule has 0 aromatic carbocycles. The standard InChI is InChI=1S/C7H3F13O2S/c8-2(9)4(12,13)6(16,17)7(18,19)5(14,15)3(10,11)1-22-23(20)21/h2H,1H2. The zero-order valence-corrected chi connectivity index (χ0v) is 10.7. The smallest absolute Gasteiger partial charge is 0.258 e. The Labute approximate surface area is 120 Å². The Hall–Kier alpha value is -0.800. The van der Waals surface area contributed by atoms with Crippen molar-refractivity contribution in [1.29, 1.82) is 0 Å². The average Bonchev–Trinajstić information content (AvgIpc) is 2.35. The Bertz CT molecular complexity index is 448. The van der Waals surface area contributed by atoms with E-state index in [0.717, 1.165) is 0 Å². The molecule has 1 unspecified atom stereocenters. The summed E-state index contributed by atoms with van der Waals surface area (Å²) in [5.41, 5.74) is 0. The third-order valence-electron chi connectivity index (χ3n) is 2.27. The zero-order chi connectivity index (χ0) is 19.1. The van der Waals surface area contributed by atoms with Crippen molar-refractivity contribution < 1.29 is 65.0 Å². The molecule has 16 heteroatoms. The molecule has 140 valence electrons. The Morgan fingerprint density at radius 2 is 1.17 bits per heavy atom. The Morgan fingerprint density at radius 1 is 0.783 bits per heavy atom. The van der Waals surface area contributed by atoms with Crippen LogP contribution in [0.3, 0.4) is 0 Å². The summed E-state index contributed by atoms with van der Waals surface area (Å²) in [6, 6.07) is 0. The van der Waals surface area contributed by atoms with Gasteiger partial charge in [0.05, 0.1) is 0 Å². The molecule has 2 nitrogen and oxygen atoms in total. The topological polar surface area (TPSA) is 26.3 Å². The molecule has 0 spiro atoms. The normalized spacial score (nSPS) is 16.8. The molecule has 0 saturated heterocycles. The van der Waals surface area contributed by atoms with Gasteiger partial charge in [-0.25, -0.2) is 8.78 Å². The second kappa shape index (κ2) is 6.25. The van der Waals surface area contributed by atoms with E-state index in [-0.39, 0.29) is 0 Å². The second-order valence-corrected chi connectivity index (χ2v) is 4.43. The minimum atomic E-state index is -7.72. The van der Waals surface area contributed by atoms with E-state index in [1.54, 1.807) is 0 Å². The SMILES string of the molecule is O=S(F)OCC(F)(F)C(F)(F)C(F)(F)C(F)(F)C(F)(F)C(F)F. The van der Waals surface area contributed by atoms with Gasteiger partial charge >= 0.3 is 47.5 Å². The predicted octanol–water partition coefficient (Wildman–Crippen LogP) is 3.99. The number of hydrogen-bond donors (Lipinski definition) is 0. The first-order chi connectivity index (χ1) is 9.86. The van der Waals surface area contributed by atoms with Gasteiger partial charge in [-0.1, -0.05) is 0 Å². The fourth-order valence-electron chi connectivity index (χ4n) is 0.984. The zero-order valence-electron chi connectivity index (χ0n) is 9.92. The Balaban J connectivity index is 5.91. The van der Waals surface area contributed by atoms with Crippen molar-refractivity contribution in [1.82, 2.24) is 0 Å². The summed E-state index contributed by atoms with van der Waals surface area (Å²) in [6.07, 6.45) is -5.61. The van der Waals surface area contributed by atoms with Gasteiger partial charge in [-0.3, -0.25) is 4.18 Å². The number of hydrogen-bond acceptors (Lipinski definition) is 2. The summed E-state index contributed by atoms with van der Waals surface area (Å²) in [7, 11) is 0. The van der Waals surface area contributed by atoms with E-state index in [4.69, 9.17) is 0 Å². The average molecular weight is 398 g/mol. The molecule has 1 atom stereocenters. The van der Waals surface area contributed by atoms with Gasteiger partial charge in [-0.2, -0.15) is 48.1 Å². The van der Waals surface area contributed by atoms with Crippen molar-refractivity contribution in [3.63, 3.8) is 0 Å². The van der Waals surface area contributed by atoms with Crippen LogP contribution < -0.4 is 0 Å². The molecule has 0 rings (SSSR count). The van der Waals surface area contributed by atoms with E-state index in [9.17, 15) is 60.8 Å². The van der Waals surface area contributed by atoms with Crippen LogP contribution in [0.4, 0.5) is 56.6 Å². The lowest BCUT2D eigenvalue weighted by Crippen LogP contribution is -2.69. The van der Waals surface area contributed by atoms with Gasteiger partial charge in [0.2, 0.25) is 0 Å². The summed E-state index contributed by atoms with van der Waals surface area (Å²) in [5.74, 6) is -36.3. The second-order valence-electron chi connectivity index (χ2n) is 3.81. The molecular weight excluding hydrogens is 395 g/mol. The fourth-order valence-corrected chi connectivity index (χ4v) is 1.22. The first-order valence-corrected chi connectivity index (χ1v) is 5.72. The van der Waals surface area contributed by atoms with Gasteiger partial charge in [0, 0.05) is 0 Å². The van der Waals surface area contributed by atoms with Gasteiger partial charge in [-0.15, -0.1) is 3.89 Å². The van der Waals surface area contributed by atoms with Crippen LogP contribution in [0.5, 0.6) is 0 Å². The van der Waals surface area contributed by atoms with Crippen LogP contribution in [0.15, 0.2) is 0 Å². The minimum Gasteiger partial charge on any atom is -0.258 e. The molecule has 0 aromatic heterocycles. The number of rotatable bonds is 8. The van der Waals surface area contributed by atoms with Crippen LogP contribution in [0.1, 0.15) is 0 Å². The minimum absolute atomic E-state index is 2.70. The van der Waals surface area contributed by atoms with Crippen LogP contribution in [0.2, 0.25) is 0 Å². The first-order valence-electron chi connectivity index (χ1n) is 4.74. The van der Waals surface area contributed by atoms with E-state index < -0.39 is 54.1 Å². The summed E-state index contributed by atoms with van der Waals surface area (Å²) in [4.78, 5) is 0. The summed E-state index contributed by atoms with van der Waals surface area (Å²) < 4.78 is 174.